The molecular weight excluding hydrogens is 344 g/mol. The lowest BCUT2D eigenvalue weighted by Crippen LogP contribution is -2.37. The van der Waals surface area contributed by atoms with Crippen LogP contribution >= 0.6 is 0 Å². The van der Waals surface area contributed by atoms with E-state index >= 15 is 0 Å². The normalized spacial score (nSPS) is 18.3. The number of fused-ring (bicyclic) bond motifs is 1. The van der Waals surface area contributed by atoms with E-state index in [2.05, 4.69) is 4.98 Å². The second kappa shape index (κ2) is 7.96. The topological polar surface area (TPSA) is 60.9 Å². The van der Waals surface area contributed by atoms with Gasteiger partial charge in [0.25, 0.3) is 5.91 Å². The number of pyridine rings is 1. The number of aryl methyl sites for hydroxylation is 1. The lowest BCUT2D eigenvalue weighted by Gasteiger charge is -2.27. The molecule has 0 spiro atoms. The molecule has 0 unspecified atom stereocenters. The standard InChI is InChI=1S/C21H24N2O4/c1-15-11-19-20(27-10-9-26-19)12-18(15)21(24)23(14-17-6-4-8-25-17)13-16-5-2-3-7-22-16/h2-3,5,7,11-12,17H,4,6,8-10,13-14H2,1H3/t17-/m0/s1. The maximum atomic E-state index is 13.4. The van der Waals surface area contributed by atoms with Gasteiger partial charge in [-0.2, -0.15) is 0 Å². The number of ether oxygens (including phenoxy) is 3. The molecule has 142 valence electrons. The Morgan fingerprint density at radius 3 is 2.70 bits per heavy atom. The molecule has 6 nitrogen and oxygen atoms in total. The summed E-state index contributed by atoms with van der Waals surface area (Å²) < 4.78 is 17.1. The zero-order valence-electron chi connectivity index (χ0n) is 15.5. The van der Waals surface area contributed by atoms with Gasteiger partial charge in [0.05, 0.1) is 18.3 Å². The lowest BCUT2D eigenvalue weighted by atomic mass is 10.1. The first-order chi connectivity index (χ1) is 13.2. The molecule has 1 amide bonds. The predicted octanol–water partition coefficient (Wildman–Crippen LogP) is 2.98. The molecule has 2 aromatic rings. The third kappa shape index (κ3) is 4.06. The number of carbonyl (C=O) groups is 1. The van der Waals surface area contributed by atoms with Gasteiger partial charge in [0.15, 0.2) is 11.5 Å². The average molecular weight is 368 g/mol. The molecule has 0 aliphatic carbocycles. The van der Waals surface area contributed by atoms with Gasteiger partial charge >= 0.3 is 0 Å². The number of benzene rings is 1. The van der Waals surface area contributed by atoms with Crippen molar-refractivity contribution in [1.82, 2.24) is 9.88 Å². The first kappa shape index (κ1) is 17.8. The van der Waals surface area contributed by atoms with Gasteiger partial charge in [0.2, 0.25) is 0 Å². The molecule has 6 heteroatoms. The van der Waals surface area contributed by atoms with Crippen molar-refractivity contribution in [1.29, 1.82) is 0 Å². The van der Waals surface area contributed by atoms with E-state index in [1.807, 2.05) is 36.1 Å². The molecule has 1 fully saturated rings. The summed E-state index contributed by atoms with van der Waals surface area (Å²) >= 11 is 0. The summed E-state index contributed by atoms with van der Waals surface area (Å²) in [6.07, 6.45) is 3.85. The summed E-state index contributed by atoms with van der Waals surface area (Å²) in [7, 11) is 0. The molecule has 2 aliphatic heterocycles. The Morgan fingerprint density at radius 2 is 2.00 bits per heavy atom. The van der Waals surface area contributed by atoms with Gasteiger partial charge in [-0.25, -0.2) is 0 Å². The van der Waals surface area contributed by atoms with Gasteiger partial charge in [-0.1, -0.05) is 6.07 Å². The monoisotopic (exact) mass is 368 g/mol. The molecule has 0 saturated carbocycles. The Morgan fingerprint density at radius 1 is 1.19 bits per heavy atom. The van der Waals surface area contributed by atoms with Crippen LogP contribution in [0, 0.1) is 6.92 Å². The van der Waals surface area contributed by atoms with Gasteiger partial charge in [-0.15, -0.1) is 0 Å². The number of aromatic nitrogens is 1. The van der Waals surface area contributed by atoms with Crippen molar-refractivity contribution >= 4 is 5.91 Å². The van der Waals surface area contributed by atoms with Crippen LogP contribution in [0.2, 0.25) is 0 Å². The highest BCUT2D eigenvalue weighted by Gasteiger charge is 2.26. The Bertz CT molecular complexity index is 803. The van der Waals surface area contributed by atoms with Crippen molar-refractivity contribution in [3.05, 3.63) is 53.3 Å². The van der Waals surface area contributed by atoms with Crippen LogP contribution in [0.1, 0.15) is 34.5 Å². The third-order valence-corrected chi connectivity index (χ3v) is 4.93. The molecule has 0 bridgehead atoms. The quantitative estimate of drug-likeness (QED) is 0.812. The molecule has 1 atom stereocenters. The Hall–Kier alpha value is -2.60. The van der Waals surface area contributed by atoms with E-state index in [0.29, 0.717) is 43.4 Å². The molecule has 1 aromatic heterocycles. The van der Waals surface area contributed by atoms with Crippen LogP contribution in [-0.2, 0) is 11.3 Å². The smallest absolute Gasteiger partial charge is 0.254 e. The number of hydrogen-bond acceptors (Lipinski definition) is 5. The van der Waals surface area contributed by atoms with Crippen LogP contribution in [0.15, 0.2) is 36.5 Å². The van der Waals surface area contributed by atoms with E-state index < -0.39 is 0 Å². The zero-order chi connectivity index (χ0) is 18.6. The van der Waals surface area contributed by atoms with Gasteiger partial charge in [0, 0.05) is 24.9 Å². The van der Waals surface area contributed by atoms with Crippen molar-refractivity contribution in [2.45, 2.75) is 32.4 Å². The molecule has 27 heavy (non-hydrogen) atoms. The van der Waals surface area contributed by atoms with Crippen molar-refractivity contribution in [3.8, 4) is 11.5 Å². The molecule has 1 aromatic carbocycles. The van der Waals surface area contributed by atoms with Crippen LogP contribution in [0.3, 0.4) is 0 Å². The molecule has 0 N–H and O–H groups in total. The zero-order valence-corrected chi connectivity index (χ0v) is 15.5. The molecule has 2 aliphatic rings. The van der Waals surface area contributed by atoms with E-state index in [-0.39, 0.29) is 12.0 Å². The number of rotatable bonds is 5. The van der Waals surface area contributed by atoms with E-state index in [9.17, 15) is 4.79 Å². The van der Waals surface area contributed by atoms with E-state index in [4.69, 9.17) is 14.2 Å². The highest BCUT2D eigenvalue weighted by Crippen LogP contribution is 2.33. The Kier molecular flexibility index (Phi) is 5.25. The van der Waals surface area contributed by atoms with Gasteiger partial charge < -0.3 is 19.1 Å². The second-order valence-corrected chi connectivity index (χ2v) is 6.95. The first-order valence-corrected chi connectivity index (χ1v) is 9.42. The minimum atomic E-state index is -0.0365. The largest absolute Gasteiger partial charge is 0.486 e. The highest BCUT2D eigenvalue weighted by molar-refractivity contribution is 5.96. The van der Waals surface area contributed by atoms with Gasteiger partial charge in [-0.3, -0.25) is 9.78 Å². The van der Waals surface area contributed by atoms with Crippen LogP contribution in [0.5, 0.6) is 11.5 Å². The third-order valence-electron chi connectivity index (χ3n) is 4.93. The summed E-state index contributed by atoms with van der Waals surface area (Å²) in [6, 6.07) is 9.43. The first-order valence-electron chi connectivity index (χ1n) is 9.42. The molecule has 4 rings (SSSR count). The number of hydrogen-bond donors (Lipinski definition) is 0. The molecular formula is C21H24N2O4. The fourth-order valence-corrected chi connectivity index (χ4v) is 3.53. The minimum absolute atomic E-state index is 0.0365. The molecule has 3 heterocycles. The molecule has 1 saturated heterocycles. The number of carbonyl (C=O) groups excluding carboxylic acids is 1. The van der Waals surface area contributed by atoms with E-state index in [1.54, 1.807) is 12.3 Å². The summed E-state index contributed by atoms with van der Waals surface area (Å²) in [5.41, 5.74) is 2.37. The van der Waals surface area contributed by atoms with E-state index in [0.717, 1.165) is 30.7 Å². The van der Waals surface area contributed by atoms with Crippen molar-refractivity contribution in [2.75, 3.05) is 26.4 Å². The van der Waals surface area contributed by atoms with Crippen LogP contribution in [0.25, 0.3) is 0 Å². The average Bonchev–Trinajstić information content (AvgIpc) is 3.20. The summed E-state index contributed by atoms with van der Waals surface area (Å²) in [5.74, 6) is 1.29. The highest BCUT2D eigenvalue weighted by atomic mass is 16.6. The summed E-state index contributed by atoms with van der Waals surface area (Å²) in [4.78, 5) is 19.6. The minimum Gasteiger partial charge on any atom is -0.486 e. The van der Waals surface area contributed by atoms with Crippen LogP contribution in [0.4, 0.5) is 0 Å². The second-order valence-electron chi connectivity index (χ2n) is 6.95. The number of amides is 1. The predicted molar refractivity (Wildman–Crippen MR) is 100 cm³/mol. The van der Waals surface area contributed by atoms with Crippen LogP contribution in [-0.4, -0.2) is 48.3 Å². The SMILES string of the molecule is Cc1cc2c(cc1C(=O)N(Cc1ccccn1)C[C@@H]1CCCO1)OCCO2. The fraction of sp³-hybridized carbons (Fsp3) is 0.429. The molecule has 0 radical (unpaired) electrons. The van der Waals surface area contributed by atoms with Crippen molar-refractivity contribution in [2.24, 2.45) is 0 Å². The Balaban J connectivity index is 1.61. The lowest BCUT2D eigenvalue weighted by molar-refractivity contribution is 0.0503. The van der Waals surface area contributed by atoms with Crippen molar-refractivity contribution < 1.29 is 19.0 Å². The summed E-state index contributed by atoms with van der Waals surface area (Å²) in [5, 5.41) is 0. The number of nitrogens with zero attached hydrogens (tertiary/aromatic N) is 2. The maximum absolute atomic E-state index is 13.4. The fourth-order valence-electron chi connectivity index (χ4n) is 3.53. The summed E-state index contributed by atoms with van der Waals surface area (Å²) in [6.45, 7) is 4.73. The maximum Gasteiger partial charge on any atom is 0.254 e. The van der Waals surface area contributed by atoms with Crippen LogP contribution < -0.4 is 9.47 Å². The Labute approximate surface area is 159 Å². The van der Waals surface area contributed by atoms with Gasteiger partial charge in [-0.05, 0) is 49.6 Å². The van der Waals surface area contributed by atoms with E-state index in [1.165, 1.54) is 0 Å². The van der Waals surface area contributed by atoms with Gasteiger partial charge in [0.1, 0.15) is 13.2 Å². The van der Waals surface area contributed by atoms with Crippen molar-refractivity contribution in [3.63, 3.8) is 0 Å².